The molecule has 3 aromatic heterocycles. The molecule has 0 aliphatic carbocycles. The van der Waals surface area contributed by atoms with E-state index in [1.807, 2.05) is 0 Å². The largest absolute Gasteiger partial charge is 0.467 e. The van der Waals surface area contributed by atoms with Crippen LogP contribution in [0.3, 0.4) is 0 Å². The molecule has 12 heteroatoms. The molecule has 2 N–H and O–H groups in total. The van der Waals surface area contributed by atoms with Crippen LogP contribution in [0.4, 0.5) is 24.7 Å². The summed E-state index contributed by atoms with van der Waals surface area (Å²) in [6, 6.07) is 3.38. The average Bonchev–Trinajstić information content (AvgIpc) is 3.31. The van der Waals surface area contributed by atoms with E-state index in [1.165, 1.54) is 24.6 Å². The van der Waals surface area contributed by atoms with Gasteiger partial charge < -0.3 is 15.1 Å². The quantitative estimate of drug-likeness (QED) is 0.548. The summed E-state index contributed by atoms with van der Waals surface area (Å²) in [5.74, 6) is -0.621. The van der Waals surface area contributed by atoms with Crippen LogP contribution >= 0.6 is 23.2 Å². The molecule has 1 amide bonds. The normalized spacial score (nSPS) is 18.8. The molecule has 3 aromatic rings. The van der Waals surface area contributed by atoms with Crippen molar-refractivity contribution in [1.82, 2.24) is 14.8 Å². The number of fused-ring (bicyclic) bond motifs is 1. The number of furan rings is 1. The number of carbonyl (C=O) groups excluding carboxylic acids is 1. The minimum Gasteiger partial charge on any atom is -0.467 e. The lowest BCUT2D eigenvalue weighted by atomic mass is 10.0. The number of hydrogen-bond donors (Lipinski definition) is 2. The summed E-state index contributed by atoms with van der Waals surface area (Å²) in [6.07, 6.45) is -2.20. The molecule has 0 unspecified atom stereocenters. The van der Waals surface area contributed by atoms with Crippen LogP contribution < -0.4 is 10.6 Å². The first-order valence-corrected chi connectivity index (χ1v) is 9.08. The van der Waals surface area contributed by atoms with Crippen LogP contribution in [-0.2, 0) is 0 Å². The topological polar surface area (TPSA) is 85.0 Å². The minimum atomic E-state index is -4.61. The molecule has 1 aliphatic rings. The van der Waals surface area contributed by atoms with Crippen LogP contribution in [0, 0.1) is 0 Å². The van der Waals surface area contributed by atoms with Gasteiger partial charge in [0.25, 0.3) is 5.91 Å². The monoisotopic (exact) mass is 445 g/mol. The lowest BCUT2D eigenvalue weighted by Crippen LogP contribution is -2.35. The van der Waals surface area contributed by atoms with Crippen LogP contribution in [0.5, 0.6) is 0 Å². The van der Waals surface area contributed by atoms with Gasteiger partial charge >= 0.3 is 6.18 Å². The predicted molar refractivity (Wildman–Crippen MR) is 99.2 cm³/mol. The Morgan fingerprint density at radius 2 is 2.10 bits per heavy atom. The molecule has 152 valence electrons. The number of aromatic nitrogens is 3. The third-order valence-corrected chi connectivity index (χ3v) is 5.06. The van der Waals surface area contributed by atoms with Crippen molar-refractivity contribution in [2.75, 3.05) is 10.6 Å². The Kier molecular flexibility index (Phi) is 4.91. The first kappa shape index (κ1) is 19.6. The van der Waals surface area contributed by atoms with Crippen LogP contribution in [0.2, 0.25) is 10.2 Å². The molecule has 0 bridgehead atoms. The van der Waals surface area contributed by atoms with E-state index in [-0.39, 0.29) is 33.8 Å². The maximum atomic E-state index is 13.7. The van der Waals surface area contributed by atoms with E-state index in [0.29, 0.717) is 10.4 Å². The molecule has 0 saturated heterocycles. The summed E-state index contributed by atoms with van der Waals surface area (Å²) >= 11 is 12.1. The summed E-state index contributed by atoms with van der Waals surface area (Å²) < 4.78 is 47.0. The number of hydrogen-bond acceptors (Lipinski definition) is 5. The van der Waals surface area contributed by atoms with E-state index in [1.54, 1.807) is 12.1 Å². The van der Waals surface area contributed by atoms with Gasteiger partial charge in [-0.1, -0.05) is 23.2 Å². The summed E-state index contributed by atoms with van der Waals surface area (Å²) in [7, 11) is 0. The summed E-state index contributed by atoms with van der Waals surface area (Å²) in [5.41, 5.74) is -0.196. The van der Waals surface area contributed by atoms with Crippen LogP contribution in [0.25, 0.3) is 0 Å². The van der Waals surface area contributed by atoms with E-state index < -0.39 is 24.2 Å². The highest BCUT2D eigenvalue weighted by Crippen LogP contribution is 2.46. The summed E-state index contributed by atoms with van der Waals surface area (Å²) in [6.45, 7) is 0. The number of nitrogens with zero attached hydrogens (tertiary/aromatic N) is 3. The zero-order valence-electron chi connectivity index (χ0n) is 14.4. The number of anilines is 2. The molecule has 4 heterocycles. The Labute approximate surface area is 171 Å². The van der Waals surface area contributed by atoms with Gasteiger partial charge in [0, 0.05) is 12.6 Å². The number of amides is 1. The van der Waals surface area contributed by atoms with Crippen LogP contribution in [0.1, 0.15) is 34.8 Å². The van der Waals surface area contributed by atoms with Crippen molar-refractivity contribution in [1.29, 1.82) is 0 Å². The van der Waals surface area contributed by atoms with Crippen molar-refractivity contribution >= 4 is 40.6 Å². The van der Waals surface area contributed by atoms with Gasteiger partial charge in [-0.3, -0.25) is 4.79 Å². The third kappa shape index (κ3) is 3.65. The number of carbonyl (C=O) groups is 1. The van der Waals surface area contributed by atoms with Crippen molar-refractivity contribution < 1.29 is 22.4 Å². The second-order valence-corrected chi connectivity index (χ2v) is 6.99. The number of nitrogens with one attached hydrogen (secondary N) is 2. The average molecular weight is 446 g/mol. The van der Waals surface area contributed by atoms with E-state index in [2.05, 4.69) is 20.7 Å². The maximum absolute atomic E-state index is 13.7. The molecular formula is C17H12Cl2F3N5O2. The zero-order valence-corrected chi connectivity index (χ0v) is 15.9. The Bertz CT molecular complexity index is 1050. The van der Waals surface area contributed by atoms with E-state index >= 15 is 0 Å². The molecule has 0 fully saturated rings. The van der Waals surface area contributed by atoms with Crippen molar-refractivity contribution in [3.8, 4) is 0 Å². The Morgan fingerprint density at radius 3 is 2.76 bits per heavy atom. The number of rotatable bonds is 3. The Hall–Kier alpha value is -2.72. The smallest absolute Gasteiger partial charge is 0.410 e. The second-order valence-electron chi connectivity index (χ2n) is 6.26. The fourth-order valence-corrected chi connectivity index (χ4v) is 3.50. The number of pyridine rings is 1. The second kappa shape index (κ2) is 7.27. The zero-order chi connectivity index (χ0) is 20.8. The summed E-state index contributed by atoms with van der Waals surface area (Å²) in [4.78, 5) is 16.4. The summed E-state index contributed by atoms with van der Waals surface area (Å²) in [5, 5.41) is 8.94. The van der Waals surface area contributed by atoms with Crippen LogP contribution in [-0.4, -0.2) is 26.8 Å². The molecule has 7 nitrogen and oxygen atoms in total. The fourth-order valence-electron chi connectivity index (χ4n) is 3.07. The van der Waals surface area contributed by atoms with E-state index in [9.17, 15) is 18.0 Å². The van der Waals surface area contributed by atoms with Gasteiger partial charge in [-0.15, -0.1) is 0 Å². The lowest BCUT2D eigenvalue weighted by Gasteiger charge is -2.32. The van der Waals surface area contributed by atoms with Crippen LogP contribution in [0.15, 0.2) is 41.1 Å². The van der Waals surface area contributed by atoms with Crippen molar-refractivity contribution in [3.63, 3.8) is 0 Å². The van der Waals surface area contributed by atoms with Gasteiger partial charge in [0.1, 0.15) is 16.6 Å². The van der Waals surface area contributed by atoms with Crippen molar-refractivity contribution in [3.05, 3.63) is 58.4 Å². The molecule has 0 aromatic carbocycles. The fraction of sp³-hybridized carbons (Fsp3) is 0.235. The molecule has 0 spiro atoms. The minimum absolute atomic E-state index is 0.0186. The Balaban J connectivity index is 1.71. The molecule has 0 radical (unpaired) electrons. The van der Waals surface area contributed by atoms with Crippen molar-refractivity contribution in [2.24, 2.45) is 0 Å². The van der Waals surface area contributed by atoms with E-state index in [4.69, 9.17) is 27.6 Å². The maximum Gasteiger partial charge on any atom is 0.410 e. The van der Waals surface area contributed by atoms with Crippen molar-refractivity contribution in [2.45, 2.75) is 24.7 Å². The highest BCUT2D eigenvalue weighted by Gasteiger charge is 2.48. The molecule has 0 saturated carbocycles. The lowest BCUT2D eigenvalue weighted by molar-refractivity contribution is -0.174. The standard InChI is InChI=1S/C17H12Cl2F3N5O2/c18-12-13(16(28)25-8-3-1-5-23-14(8)19)26-27-11(17(20,21)22)7-9(24-15(12)27)10-4-2-6-29-10/h1-6,9,11,24H,7H2,(H,25,28)/t9-,11+/m0/s1. The van der Waals surface area contributed by atoms with Gasteiger partial charge in [-0.05, 0) is 24.3 Å². The molecule has 29 heavy (non-hydrogen) atoms. The number of alkyl halides is 3. The first-order chi connectivity index (χ1) is 13.8. The number of halogens is 5. The first-order valence-electron chi connectivity index (χ1n) is 8.32. The highest BCUT2D eigenvalue weighted by atomic mass is 35.5. The molecular weight excluding hydrogens is 434 g/mol. The highest BCUT2D eigenvalue weighted by molar-refractivity contribution is 6.37. The third-order valence-electron chi connectivity index (χ3n) is 4.40. The molecule has 1 aliphatic heterocycles. The molecule has 2 atom stereocenters. The SMILES string of the molecule is O=C(Nc1cccnc1Cl)c1nn2c(c1Cl)N[C@H](c1ccco1)C[C@@H]2C(F)(F)F. The van der Waals surface area contributed by atoms with Gasteiger partial charge in [0.2, 0.25) is 0 Å². The van der Waals surface area contributed by atoms with E-state index in [0.717, 1.165) is 0 Å². The van der Waals surface area contributed by atoms with Gasteiger partial charge in [-0.2, -0.15) is 18.3 Å². The molecule has 4 rings (SSSR count). The predicted octanol–water partition coefficient (Wildman–Crippen LogP) is 5.09. The Morgan fingerprint density at radius 1 is 1.31 bits per heavy atom. The van der Waals surface area contributed by atoms with Gasteiger partial charge in [0.15, 0.2) is 16.9 Å². The van der Waals surface area contributed by atoms with Gasteiger partial charge in [0.05, 0.1) is 18.0 Å². The van der Waals surface area contributed by atoms with Gasteiger partial charge in [-0.25, -0.2) is 9.67 Å².